The molecule has 0 aromatic heterocycles. The van der Waals surface area contributed by atoms with E-state index in [4.69, 9.17) is 10.9 Å². The van der Waals surface area contributed by atoms with Crippen LogP contribution in [0.4, 0.5) is 0 Å². The number of oxime groups is 1. The van der Waals surface area contributed by atoms with Crippen molar-refractivity contribution < 1.29 is 10.0 Å². The SMILES string of the molecule is Cc1cccc(C)c1C(=O)N(C)C(C)/C(N)=N/O. The molecule has 0 bridgehead atoms. The van der Waals surface area contributed by atoms with Crippen molar-refractivity contribution >= 4 is 11.7 Å². The summed E-state index contributed by atoms with van der Waals surface area (Å²) >= 11 is 0. The molecule has 0 aliphatic rings. The molecule has 1 rings (SSSR count). The van der Waals surface area contributed by atoms with Gasteiger partial charge in [0.2, 0.25) is 0 Å². The second-order valence-electron chi connectivity index (χ2n) is 4.38. The first-order valence-electron chi connectivity index (χ1n) is 5.71. The van der Waals surface area contributed by atoms with Crippen LogP contribution in [-0.2, 0) is 0 Å². The number of carbonyl (C=O) groups excluding carboxylic acids is 1. The van der Waals surface area contributed by atoms with Gasteiger partial charge in [0.05, 0.1) is 6.04 Å². The van der Waals surface area contributed by atoms with E-state index in [1.165, 1.54) is 4.90 Å². The highest BCUT2D eigenvalue weighted by Crippen LogP contribution is 2.16. The predicted molar refractivity (Wildman–Crippen MR) is 70.9 cm³/mol. The predicted octanol–water partition coefficient (Wildman–Crippen LogP) is 1.51. The summed E-state index contributed by atoms with van der Waals surface area (Å²) in [7, 11) is 1.64. The maximum atomic E-state index is 12.4. The van der Waals surface area contributed by atoms with Gasteiger partial charge < -0.3 is 15.8 Å². The van der Waals surface area contributed by atoms with E-state index in [0.717, 1.165) is 11.1 Å². The molecule has 0 saturated carbocycles. The standard InChI is InChI=1S/C13H19N3O2/c1-8-6-5-7-9(2)11(8)13(17)16(4)10(3)12(14)15-18/h5-7,10,18H,1-4H3,(H2,14,15). The minimum Gasteiger partial charge on any atom is -0.409 e. The maximum Gasteiger partial charge on any atom is 0.254 e. The zero-order valence-electron chi connectivity index (χ0n) is 11.1. The Morgan fingerprint density at radius 3 is 2.33 bits per heavy atom. The van der Waals surface area contributed by atoms with Crippen molar-refractivity contribution in [3.63, 3.8) is 0 Å². The number of amides is 1. The van der Waals surface area contributed by atoms with E-state index in [-0.39, 0.29) is 11.7 Å². The third kappa shape index (κ3) is 2.61. The molecule has 1 aromatic rings. The Morgan fingerprint density at radius 1 is 1.39 bits per heavy atom. The second-order valence-corrected chi connectivity index (χ2v) is 4.38. The Hall–Kier alpha value is -2.04. The van der Waals surface area contributed by atoms with E-state index < -0.39 is 6.04 Å². The first-order chi connectivity index (χ1) is 8.40. The molecule has 0 radical (unpaired) electrons. The molecule has 3 N–H and O–H groups in total. The van der Waals surface area contributed by atoms with Crippen LogP contribution in [0.1, 0.15) is 28.4 Å². The van der Waals surface area contributed by atoms with E-state index in [1.807, 2.05) is 32.0 Å². The monoisotopic (exact) mass is 249 g/mol. The second kappa shape index (κ2) is 5.53. The normalized spacial score (nSPS) is 13.2. The highest BCUT2D eigenvalue weighted by molar-refractivity contribution is 6.00. The van der Waals surface area contributed by atoms with Gasteiger partial charge in [-0.3, -0.25) is 4.79 Å². The van der Waals surface area contributed by atoms with E-state index in [1.54, 1.807) is 14.0 Å². The summed E-state index contributed by atoms with van der Waals surface area (Å²) in [4.78, 5) is 13.8. The molecule has 1 aromatic carbocycles. The largest absolute Gasteiger partial charge is 0.409 e. The number of nitrogens with two attached hydrogens (primary N) is 1. The number of rotatable bonds is 3. The number of hydrogen-bond acceptors (Lipinski definition) is 3. The average Bonchev–Trinajstić information content (AvgIpc) is 2.35. The Labute approximate surface area is 107 Å². The summed E-state index contributed by atoms with van der Waals surface area (Å²) < 4.78 is 0. The van der Waals surface area contributed by atoms with Gasteiger partial charge in [0.15, 0.2) is 5.84 Å². The van der Waals surface area contributed by atoms with E-state index in [0.29, 0.717) is 5.56 Å². The molecule has 0 aliphatic carbocycles. The summed E-state index contributed by atoms with van der Waals surface area (Å²) in [5, 5.41) is 11.6. The van der Waals surface area contributed by atoms with Crippen molar-refractivity contribution in [1.82, 2.24) is 4.90 Å². The van der Waals surface area contributed by atoms with E-state index >= 15 is 0 Å². The van der Waals surface area contributed by atoms with Crippen molar-refractivity contribution in [2.45, 2.75) is 26.8 Å². The highest BCUT2D eigenvalue weighted by Gasteiger charge is 2.22. The Morgan fingerprint density at radius 2 is 1.89 bits per heavy atom. The van der Waals surface area contributed by atoms with Gasteiger partial charge >= 0.3 is 0 Å². The van der Waals surface area contributed by atoms with Crippen LogP contribution in [0, 0.1) is 13.8 Å². The topological polar surface area (TPSA) is 78.9 Å². The molecular formula is C13H19N3O2. The van der Waals surface area contributed by atoms with Crippen molar-refractivity contribution in [2.24, 2.45) is 10.9 Å². The third-order valence-electron chi connectivity index (χ3n) is 3.14. The Bertz CT molecular complexity index is 463. The van der Waals surface area contributed by atoms with Crippen LogP contribution < -0.4 is 5.73 Å². The minimum atomic E-state index is -0.457. The van der Waals surface area contributed by atoms with Crippen LogP contribution in [0.25, 0.3) is 0 Å². The van der Waals surface area contributed by atoms with Crippen molar-refractivity contribution in [1.29, 1.82) is 0 Å². The molecule has 0 heterocycles. The van der Waals surface area contributed by atoms with Gasteiger partial charge in [0.25, 0.3) is 5.91 Å². The number of nitrogens with zero attached hydrogens (tertiary/aromatic N) is 2. The molecule has 1 amide bonds. The van der Waals surface area contributed by atoms with Crippen molar-refractivity contribution in [3.05, 3.63) is 34.9 Å². The molecule has 0 saturated heterocycles. The number of aryl methyl sites for hydroxylation is 2. The fraction of sp³-hybridized carbons (Fsp3) is 0.385. The zero-order chi connectivity index (χ0) is 13.9. The molecule has 1 unspecified atom stereocenters. The number of likely N-dealkylation sites (N-methyl/N-ethyl adjacent to an activating group) is 1. The zero-order valence-corrected chi connectivity index (χ0v) is 11.1. The van der Waals surface area contributed by atoms with Crippen LogP contribution in [0.2, 0.25) is 0 Å². The minimum absolute atomic E-state index is 0.0112. The van der Waals surface area contributed by atoms with Gasteiger partial charge in [0, 0.05) is 12.6 Å². The molecule has 18 heavy (non-hydrogen) atoms. The van der Waals surface area contributed by atoms with E-state index in [2.05, 4.69) is 5.16 Å². The quantitative estimate of drug-likeness (QED) is 0.369. The lowest BCUT2D eigenvalue weighted by atomic mass is 10.0. The highest BCUT2D eigenvalue weighted by atomic mass is 16.4. The van der Waals surface area contributed by atoms with Crippen LogP contribution >= 0.6 is 0 Å². The molecule has 1 atom stereocenters. The first-order valence-corrected chi connectivity index (χ1v) is 5.71. The van der Waals surface area contributed by atoms with Crippen molar-refractivity contribution in [3.8, 4) is 0 Å². The molecule has 5 nitrogen and oxygen atoms in total. The Kier molecular flexibility index (Phi) is 4.31. The number of benzene rings is 1. The number of carbonyl (C=O) groups is 1. The fourth-order valence-electron chi connectivity index (χ4n) is 1.79. The van der Waals surface area contributed by atoms with Gasteiger partial charge in [-0.25, -0.2) is 0 Å². The van der Waals surface area contributed by atoms with Gasteiger partial charge in [-0.05, 0) is 31.9 Å². The maximum absolute atomic E-state index is 12.4. The molecule has 0 aliphatic heterocycles. The number of hydrogen-bond donors (Lipinski definition) is 2. The smallest absolute Gasteiger partial charge is 0.254 e. The first kappa shape index (κ1) is 14.0. The summed E-state index contributed by atoms with van der Waals surface area (Å²) in [5.41, 5.74) is 8.01. The van der Waals surface area contributed by atoms with Crippen LogP contribution in [-0.4, -0.2) is 34.9 Å². The van der Waals surface area contributed by atoms with E-state index in [9.17, 15) is 4.79 Å². The summed E-state index contributed by atoms with van der Waals surface area (Å²) in [6, 6.07) is 5.24. The third-order valence-corrected chi connectivity index (χ3v) is 3.14. The molecule has 5 heteroatoms. The molecule has 0 spiro atoms. The van der Waals surface area contributed by atoms with Crippen LogP contribution in [0.15, 0.2) is 23.4 Å². The Balaban J connectivity index is 3.08. The van der Waals surface area contributed by atoms with Gasteiger partial charge in [-0.1, -0.05) is 23.4 Å². The molecule has 98 valence electrons. The average molecular weight is 249 g/mol. The van der Waals surface area contributed by atoms with Crippen LogP contribution in [0.5, 0.6) is 0 Å². The van der Waals surface area contributed by atoms with Gasteiger partial charge in [-0.15, -0.1) is 0 Å². The lowest BCUT2D eigenvalue weighted by Crippen LogP contribution is -2.44. The molecular weight excluding hydrogens is 230 g/mol. The van der Waals surface area contributed by atoms with Gasteiger partial charge in [-0.2, -0.15) is 0 Å². The lowest BCUT2D eigenvalue weighted by Gasteiger charge is -2.25. The summed E-state index contributed by atoms with van der Waals surface area (Å²) in [6.07, 6.45) is 0. The van der Waals surface area contributed by atoms with Crippen LogP contribution in [0.3, 0.4) is 0 Å². The van der Waals surface area contributed by atoms with Crippen molar-refractivity contribution in [2.75, 3.05) is 7.05 Å². The fourth-order valence-corrected chi connectivity index (χ4v) is 1.79. The summed E-state index contributed by atoms with van der Waals surface area (Å²) in [6.45, 7) is 5.49. The van der Waals surface area contributed by atoms with Gasteiger partial charge in [0.1, 0.15) is 0 Å². The lowest BCUT2D eigenvalue weighted by molar-refractivity contribution is 0.0775. The summed E-state index contributed by atoms with van der Waals surface area (Å²) in [5.74, 6) is -0.123. The number of amidine groups is 1. The molecule has 0 fully saturated rings.